The highest BCUT2D eigenvalue weighted by molar-refractivity contribution is 5.88. The average molecular weight is 371 g/mol. The molecule has 0 atom stereocenters. The van der Waals surface area contributed by atoms with Crippen molar-refractivity contribution in [3.63, 3.8) is 0 Å². The molecule has 6 heteroatoms. The number of aromatic carboxylic acids is 1. The number of H-pyrrole nitrogens is 1. The predicted octanol–water partition coefficient (Wildman–Crippen LogP) is 4.42. The first-order valence-electron chi connectivity index (χ1n) is 8.70. The third kappa shape index (κ3) is 3.91. The van der Waals surface area contributed by atoms with Crippen LogP contribution in [0.4, 0.5) is 0 Å². The zero-order valence-electron chi connectivity index (χ0n) is 14.9. The van der Waals surface area contributed by atoms with Gasteiger partial charge in [-0.1, -0.05) is 30.3 Å². The minimum atomic E-state index is -0.930. The second kappa shape index (κ2) is 7.75. The first kappa shape index (κ1) is 17.5. The van der Waals surface area contributed by atoms with E-state index in [9.17, 15) is 4.79 Å². The van der Waals surface area contributed by atoms with Gasteiger partial charge in [-0.2, -0.15) is 5.10 Å². The van der Waals surface area contributed by atoms with Crippen molar-refractivity contribution in [2.45, 2.75) is 6.61 Å². The molecule has 4 aromatic rings. The third-order valence-electron chi connectivity index (χ3n) is 4.31. The van der Waals surface area contributed by atoms with E-state index in [0.29, 0.717) is 12.4 Å². The van der Waals surface area contributed by atoms with Gasteiger partial charge >= 0.3 is 5.97 Å². The molecule has 2 aromatic heterocycles. The lowest BCUT2D eigenvalue weighted by Gasteiger charge is -2.09. The molecule has 0 saturated carbocycles. The number of carboxylic acids is 1. The van der Waals surface area contributed by atoms with Gasteiger partial charge in [0.25, 0.3) is 0 Å². The van der Waals surface area contributed by atoms with E-state index in [1.54, 1.807) is 24.5 Å². The summed E-state index contributed by atoms with van der Waals surface area (Å²) in [6, 6.07) is 20.4. The number of nitrogens with zero attached hydrogens (tertiary/aromatic N) is 2. The van der Waals surface area contributed by atoms with Crippen molar-refractivity contribution in [2.24, 2.45) is 0 Å². The number of carbonyl (C=O) groups is 1. The number of aromatic nitrogens is 3. The van der Waals surface area contributed by atoms with Crippen molar-refractivity contribution >= 4 is 5.97 Å². The number of hydrogen-bond donors (Lipinski definition) is 2. The zero-order chi connectivity index (χ0) is 19.3. The second-order valence-electron chi connectivity index (χ2n) is 6.22. The summed E-state index contributed by atoms with van der Waals surface area (Å²) in [5.74, 6) is -0.250. The van der Waals surface area contributed by atoms with Crippen molar-refractivity contribution in [1.29, 1.82) is 0 Å². The molecule has 4 rings (SSSR count). The van der Waals surface area contributed by atoms with Crippen molar-refractivity contribution in [3.8, 4) is 28.3 Å². The first-order chi connectivity index (χ1) is 13.7. The largest absolute Gasteiger partial charge is 0.487 e. The van der Waals surface area contributed by atoms with Gasteiger partial charge in [0.05, 0.1) is 23.1 Å². The van der Waals surface area contributed by atoms with Crippen LogP contribution in [0.1, 0.15) is 15.9 Å². The summed E-state index contributed by atoms with van der Waals surface area (Å²) < 4.78 is 5.84. The molecule has 28 heavy (non-hydrogen) atoms. The van der Waals surface area contributed by atoms with E-state index in [2.05, 4.69) is 15.2 Å². The topological polar surface area (TPSA) is 88.1 Å². The number of benzene rings is 2. The molecule has 2 aromatic carbocycles. The van der Waals surface area contributed by atoms with Crippen molar-refractivity contribution in [2.75, 3.05) is 0 Å². The Morgan fingerprint density at radius 2 is 1.86 bits per heavy atom. The van der Waals surface area contributed by atoms with Crippen LogP contribution in [0.15, 0.2) is 79.1 Å². The molecule has 0 aliphatic rings. The van der Waals surface area contributed by atoms with Crippen LogP contribution >= 0.6 is 0 Å². The third-order valence-corrected chi connectivity index (χ3v) is 4.31. The quantitative estimate of drug-likeness (QED) is 0.524. The molecule has 0 aliphatic heterocycles. The maximum Gasteiger partial charge on any atom is 0.335 e. The Bertz CT molecular complexity index is 1070. The molecule has 2 heterocycles. The fourth-order valence-corrected chi connectivity index (χ4v) is 2.84. The fraction of sp³-hybridized carbons (Fsp3) is 0.0455. The van der Waals surface area contributed by atoms with Crippen LogP contribution in [0.25, 0.3) is 22.5 Å². The highest BCUT2D eigenvalue weighted by atomic mass is 16.5. The molecule has 0 aliphatic carbocycles. The van der Waals surface area contributed by atoms with Crippen LogP contribution in [-0.4, -0.2) is 26.3 Å². The van der Waals surface area contributed by atoms with Gasteiger partial charge in [-0.3, -0.25) is 10.1 Å². The van der Waals surface area contributed by atoms with E-state index in [1.165, 1.54) is 0 Å². The highest BCUT2D eigenvalue weighted by Crippen LogP contribution is 2.22. The minimum absolute atomic E-state index is 0.273. The monoisotopic (exact) mass is 371 g/mol. The summed E-state index contributed by atoms with van der Waals surface area (Å²) in [5, 5.41) is 15.8. The first-order valence-corrected chi connectivity index (χ1v) is 8.70. The van der Waals surface area contributed by atoms with E-state index < -0.39 is 5.97 Å². The van der Waals surface area contributed by atoms with Crippen LogP contribution in [0.2, 0.25) is 0 Å². The van der Waals surface area contributed by atoms with E-state index in [1.807, 2.05) is 54.6 Å². The van der Waals surface area contributed by atoms with Gasteiger partial charge in [0.1, 0.15) is 12.4 Å². The Kier molecular flexibility index (Phi) is 4.84. The van der Waals surface area contributed by atoms with Gasteiger partial charge in [0.2, 0.25) is 0 Å². The standard InChI is InChI=1S/C22H17N3O3/c26-22(27)17-6-4-16(5-7-17)18-3-1-2-15(12-18)14-28-19-8-9-20(23-13-19)21-10-11-24-25-21/h1-13H,14H2,(H,24,25)(H,26,27). The fourth-order valence-electron chi connectivity index (χ4n) is 2.84. The van der Waals surface area contributed by atoms with Crippen LogP contribution in [0.3, 0.4) is 0 Å². The minimum Gasteiger partial charge on any atom is -0.487 e. The number of carboxylic acid groups (broad SMARTS) is 1. The van der Waals surface area contributed by atoms with E-state index in [4.69, 9.17) is 9.84 Å². The summed E-state index contributed by atoms with van der Waals surface area (Å²) in [4.78, 5) is 15.4. The van der Waals surface area contributed by atoms with Gasteiger partial charge in [0, 0.05) is 6.20 Å². The average Bonchev–Trinajstić information content (AvgIpc) is 3.28. The van der Waals surface area contributed by atoms with E-state index in [-0.39, 0.29) is 5.56 Å². The van der Waals surface area contributed by atoms with E-state index >= 15 is 0 Å². The summed E-state index contributed by atoms with van der Waals surface area (Å²) in [6.45, 7) is 0.409. The molecule has 0 unspecified atom stereocenters. The number of aromatic amines is 1. The lowest BCUT2D eigenvalue weighted by molar-refractivity contribution is 0.0697. The Morgan fingerprint density at radius 1 is 1.00 bits per heavy atom. The zero-order valence-corrected chi connectivity index (χ0v) is 14.9. The lowest BCUT2D eigenvalue weighted by atomic mass is 10.0. The molecule has 138 valence electrons. The van der Waals surface area contributed by atoms with Gasteiger partial charge in [-0.15, -0.1) is 0 Å². The summed E-state index contributed by atoms with van der Waals surface area (Å²) in [5.41, 5.74) is 4.90. The molecule has 0 amide bonds. The van der Waals surface area contributed by atoms with Gasteiger partial charge in [0.15, 0.2) is 0 Å². The molecule has 0 bridgehead atoms. The van der Waals surface area contributed by atoms with Crippen molar-refractivity contribution < 1.29 is 14.6 Å². The molecule has 0 fully saturated rings. The second-order valence-corrected chi connectivity index (χ2v) is 6.22. The molecular weight excluding hydrogens is 354 g/mol. The molecular formula is C22H17N3O3. The maximum absolute atomic E-state index is 11.0. The maximum atomic E-state index is 11.0. The summed E-state index contributed by atoms with van der Waals surface area (Å²) in [7, 11) is 0. The SMILES string of the molecule is O=C(O)c1ccc(-c2cccc(COc3ccc(-c4ccn[nH]4)nc3)c2)cc1. The number of hydrogen-bond acceptors (Lipinski definition) is 4. The molecule has 2 N–H and O–H groups in total. The Morgan fingerprint density at radius 3 is 2.54 bits per heavy atom. The number of nitrogens with one attached hydrogen (secondary N) is 1. The Labute approximate surface area is 161 Å². The van der Waals surface area contributed by atoms with Crippen molar-refractivity contribution in [3.05, 3.63) is 90.3 Å². The number of ether oxygens (including phenoxy) is 1. The lowest BCUT2D eigenvalue weighted by Crippen LogP contribution is -1.97. The van der Waals surface area contributed by atoms with Crippen molar-refractivity contribution in [1.82, 2.24) is 15.2 Å². The van der Waals surface area contributed by atoms with Gasteiger partial charge in [-0.25, -0.2) is 4.79 Å². The number of rotatable bonds is 6. The molecule has 0 saturated heterocycles. The van der Waals surface area contributed by atoms with Gasteiger partial charge in [-0.05, 0) is 53.1 Å². The summed E-state index contributed by atoms with van der Waals surface area (Å²) in [6.07, 6.45) is 3.37. The smallest absolute Gasteiger partial charge is 0.335 e. The molecule has 0 radical (unpaired) electrons. The van der Waals surface area contributed by atoms with Gasteiger partial charge < -0.3 is 9.84 Å². The van der Waals surface area contributed by atoms with Crippen LogP contribution < -0.4 is 4.74 Å². The number of pyridine rings is 1. The normalized spacial score (nSPS) is 10.6. The summed E-state index contributed by atoms with van der Waals surface area (Å²) >= 11 is 0. The highest BCUT2D eigenvalue weighted by Gasteiger charge is 2.05. The predicted molar refractivity (Wildman–Crippen MR) is 105 cm³/mol. The van der Waals surface area contributed by atoms with Crippen LogP contribution in [0, 0.1) is 0 Å². The Hall–Kier alpha value is -3.93. The van der Waals surface area contributed by atoms with E-state index in [0.717, 1.165) is 28.1 Å². The van der Waals surface area contributed by atoms with Crippen LogP contribution in [0.5, 0.6) is 5.75 Å². The Balaban J connectivity index is 1.44. The molecule has 6 nitrogen and oxygen atoms in total. The molecule has 0 spiro atoms. The van der Waals surface area contributed by atoms with Crippen LogP contribution in [-0.2, 0) is 6.61 Å².